The van der Waals surface area contributed by atoms with E-state index in [1.807, 2.05) is 0 Å². The molecule has 2 rings (SSSR count). The molecule has 0 bridgehead atoms. The molecule has 5 nitrogen and oxygen atoms in total. The zero-order chi connectivity index (χ0) is 12.8. The van der Waals surface area contributed by atoms with Crippen molar-refractivity contribution in [3.05, 3.63) is 0 Å². The van der Waals surface area contributed by atoms with Crippen molar-refractivity contribution in [1.82, 2.24) is 10.6 Å². The third-order valence-corrected chi connectivity index (χ3v) is 3.73. The smallest absolute Gasteiger partial charge is 0.191 e. The highest BCUT2D eigenvalue weighted by molar-refractivity contribution is 5.79. The number of rotatable bonds is 6. The van der Waals surface area contributed by atoms with E-state index in [-0.39, 0.29) is 12.0 Å². The molecule has 0 aromatic rings. The van der Waals surface area contributed by atoms with Crippen LogP contribution in [0.5, 0.6) is 0 Å². The number of nitrogens with one attached hydrogen (secondary N) is 2. The summed E-state index contributed by atoms with van der Waals surface area (Å²) in [7, 11) is 0. The van der Waals surface area contributed by atoms with Crippen LogP contribution >= 0.6 is 0 Å². The number of guanidine groups is 1. The normalized spacial score (nSPS) is 26.1. The second-order valence-electron chi connectivity index (χ2n) is 5.37. The standard InChI is InChI=1S/C13H25N3O2/c1-2-14-12(15-8-11-4-3-7-18-11)16-9-13(10-17)5-6-13/h11,17H,2-10H2,1H3,(H2,14,15,16). The monoisotopic (exact) mass is 255 g/mol. The largest absolute Gasteiger partial charge is 0.396 e. The molecule has 0 spiro atoms. The molecule has 2 fully saturated rings. The van der Waals surface area contributed by atoms with Crippen molar-refractivity contribution < 1.29 is 9.84 Å². The van der Waals surface area contributed by atoms with Gasteiger partial charge in [-0.15, -0.1) is 0 Å². The van der Waals surface area contributed by atoms with Gasteiger partial charge in [-0.2, -0.15) is 0 Å². The van der Waals surface area contributed by atoms with E-state index in [2.05, 4.69) is 22.5 Å². The number of nitrogens with zero attached hydrogens (tertiary/aromatic N) is 1. The molecule has 1 heterocycles. The number of ether oxygens (including phenoxy) is 1. The fourth-order valence-electron chi connectivity index (χ4n) is 2.15. The summed E-state index contributed by atoms with van der Waals surface area (Å²) in [5.41, 5.74) is 0.0756. The Morgan fingerprint density at radius 1 is 1.44 bits per heavy atom. The summed E-state index contributed by atoms with van der Waals surface area (Å²) in [5, 5.41) is 15.8. The minimum atomic E-state index is 0.0756. The van der Waals surface area contributed by atoms with E-state index >= 15 is 0 Å². The van der Waals surface area contributed by atoms with Gasteiger partial charge in [0.2, 0.25) is 0 Å². The molecule has 2 aliphatic rings. The Morgan fingerprint density at radius 2 is 2.28 bits per heavy atom. The summed E-state index contributed by atoms with van der Waals surface area (Å²) in [5.74, 6) is 0.840. The van der Waals surface area contributed by atoms with E-state index in [4.69, 9.17) is 4.74 Å². The SMILES string of the molecule is CCNC(=NCC1(CO)CC1)NCC1CCCO1. The molecule has 1 unspecified atom stereocenters. The summed E-state index contributed by atoms with van der Waals surface area (Å²) in [4.78, 5) is 4.56. The van der Waals surface area contributed by atoms with Gasteiger partial charge in [-0.05, 0) is 32.6 Å². The van der Waals surface area contributed by atoms with Crippen LogP contribution in [-0.2, 0) is 4.74 Å². The summed E-state index contributed by atoms with van der Waals surface area (Å²) < 4.78 is 5.58. The fraction of sp³-hybridized carbons (Fsp3) is 0.923. The lowest BCUT2D eigenvalue weighted by atomic mass is 10.1. The molecule has 0 aromatic carbocycles. The zero-order valence-electron chi connectivity index (χ0n) is 11.2. The highest BCUT2D eigenvalue weighted by atomic mass is 16.5. The van der Waals surface area contributed by atoms with E-state index in [9.17, 15) is 5.11 Å². The van der Waals surface area contributed by atoms with Crippen LogP contribution < -0.4 is 10.6 Å². The fourth-order valence-corrected chi connectivity index (χ4v) is 2.15. The maximum Gasteiger partial charge on any atom is 0.191 e. The van der Waals surface area contributed by atoms with Gasteiger partial charge in [-0.3, -0.25) is 4.99 Å². The molecule has 104 valence electrons. The molecule has 1 saturated carbocycles. The van der Waals surface area contributed by atoms with Crippen molar-refractivity contribution in [2.75, 3.05) is 32.8 Å². The van der Waals surface area contributed by atoms with Crippen LogP contribution in [0, 0.1) is 5.41 Å². The summed E-state index contributed by atoms with van der Waals surface area (Å²) in [6.45, 7) is 5.57. The lowest BCUT2D eigenvalue weighted by Gasteiger charge is -2.16. The van der Waals surface area contributed by atoms with Crippen molar-refractivity contribution in [3.63, 3.8) is 0 Å². The second kappa shape index (κ2) is 6.38. The molecular weight excluding hydrogens is 230 g/mol. The van der Waals surface area contributed by atoms with Crippen molar-refractivity contribution in [2.45, 2.75) is 38.7 Å². The molecule has 3 N–H and O–H groups in total. The molecule has 1 atom stereocenters. The topological polar surface area (TPSA) is 65.9 Å². The van der Waals surface area contributed by atoms with Crippen molar-refractivity contribution >= 4 is 5.96 Å². The van der Waals surface area contributed by atoms with Gasteiger partial charge in [-0.1, -0.05) is 0 Å². The van der Waals surface area contributed by atoms with E-state index in [1.54, 1.807) is 0 Å². The second-order valence-corrected chi connectivity index (χ2v) is 5.37. The van der Waals surface area contributed by atoms with Crippen LogP contribution in [0.4, 0.5) is 0 Å². The third kappa shape index (κ3) is 3.85. The molecule has 0 amide bonds. The summed E-state index contributed by atoms with van der Waals surface area (Å²) in [6.07, 6.45) is 4.80. The van der Waals surface area contributed by atoms with Crippen LogP contribution in [0.1, 0.15) is 32.6 Å². The molecule has 5 heteroatoms. The molecule has 0 radical (unpaired) electrons. The van der Waals surface area contributed by atoms with Gasteiger partial charge >= 0.3 is 0 Å². The lowest BCUT2D eigenvalue weighted by Crippen LogP contribution is -2.41. The van der Waals surface area contributed by atoms with Gasteiger partial charge in [-0.25, -0.2) is 0 Å². The van der Waals surface area contributed by atoms with Gasteiger partial charge in [0.1, 0.15) is 0 Å². The summed E-state index contributed by atoms with van der Waals surface area (Å²) in [6, 6.07) is 0. The Balaban J connectivity index is 1.76. The average Bonchev–Trinajstić information content (AvgIpc) is 2.99. The van der Waals surface area contributed by atoms with E-state index in [0.29, 0.717) is 12.6 Å². The van der Waals surface area contributed by atoms with Crippen LogP contribution in [0.3, 0.4) is 0 Å². The van der Waals surface area contributed by atoms with Crippen molar-refractivity contribution in [2.24, 2.45) is 10.4 Å². The van der Waals surface area contributed by atoms with E-state index in [1.165, 1.54) is 0 Å². The molecular formula is C13H25N3O2. The van der Waals surface area contributed by atoms with Crippen molar-refractivity contribution in [1.29, 1.82) is 0 Å². The minimum Gasteiger partial charge on any atom is -0.396 e. The van der Waals surface area contributed by atoms with Crippen LogP contribution in [0.2, 0.25) is 0 Å². The highest BCUT2D eigenvalue weighted by Gasteiger charge is 2.41. The first-order valence-corrected chi connectivity index (χ1v) is 7.03. The van der Waals surface area contributed by atoms with Crippen molar-refractivity contribution in [3.8, 4) is 0 Å². The summed E-state index contributed by atoms with van der Waals surface area (Å²) >= 11 is 0. The van der Waals surface area contributed by atoms with E-state index < -0.39 is 0 Å². The Hall–Kier alpha value is -0.810. The third-order valence-electron chi connectivity index (χ3n) is 3.73. The predicted molar refractivity (Wildman–Crippen MR) is 71.7 cm³/mol. The van der Waals surface area contributed by atoms with Crippen LogP contribution in [0.25, 0.3) is 0 Å². The lowest BCUT2D eigenvalue weighted by molar-refractivity contribution is 0.113. The van der Waals surface area contributed by atoms with Gasteiger partial charge in [0.25, 0.3) is 0 Å². The van der Waals surface area contributed by atoms with Gasteiger partial charge in [0.15, 0.2) is 5.96 Å². The molecule has 1 aliphatic carbocycles. The zero-order valence-corrected chi connectivity index (χ0v) is 11.2. The number of aliphatic hydroxyl groups excluding tert-OH is 1. The number of aliphatic imine (C=N–C) groups is 1. The first-order valence-electron chi connectivity index (χ1n) is 7.03. The van der Waals surface area contributed by atoms with Gasteiger partial charge < -0.3 is 20.5 Å². The van der Waals surface area contributed by atoms with Gasteiger partial charge in [0, 0.05) is 25.1 Å². The average molecular weight is 255 g/mol. The molecule has 0 aromatic heterocycles. The molecule has 18 heavy (non-hydrogen) atoms. The Labute approximate surface area is 109 Å². The maximum absolute atomic E-state index is 9.27. The maximum atomic E-state index is 9.27. The molecule has 1 aliphatic heterocycles. The number of aliphatic hydroxyl groups is 1. The predicted octanol–water partition coefficient (Wildman–Crippen LogP) is 0.493. The van der Waals surface area contributed by atoms with Crippen LogP contribution in [-0.4, -0.2) is 50.0 Å². The van der Waals surface area contributed by atoms with E-state index in [0.717, 1.165) is 51.3 Å². The molecule has 1 saturated heterocycles. The first kappa shape index (κ1) is 13.6. The first-order chi connectivity index (χ1) is 8.78. The quantitative estimate of drug-likeness (QED) is 0.477. The van der Waals surface area contributed by atoms with Crippen LogP contribution in [0.15, 0.2) is 4.99 Å². The Kier molecular flexibility index (Phi) is 4.83. The minimum absolute atomic E-state index is 0.0756. The number of hydrogen-bond donors (Lipinski definition) is 3. The van der Waals surface area contributed by atoms with Gasteiger partial charge in [0.05, 0.1) is 19.3 Å². The number of hydrogen-bond acceptors (Lipinski definition) is 3. The Morgan fingerprint density at radius 3 is 2.83 bits per heavy atom. The Bertz CT molecular complexity index is 284. The highest BCUT2D eigenvalue weighted by Crippen LogP contribution is 2.45.